The fraction of sp³-hybridized carbons (Fsp3) is 0. The second kappa shape index (κ2) is 7.06. The summed E-state index contributed by atoms with van der Waals surface area (Å²) in [5.74, 6) is 0. The summed E-state index contributed by atoms with van der Waals surface area (Å²) in [7, 11) is -5.17. The summed E-state index contributed by atoms with van der Waals surface area (Å²) < 4.78 is 34.1. The van der Waals surface area contributed by atoms with Crippen LogP contribution in [-0.4, -0.2) is 48.8 Å². The van der Waals surface area contributed by atoms with Gasteiger partial charge in [0.1, 0.15) is 0 Å². The molecule has 0 bridgehead atoms. The largest absolute Gasteiger partial charge is 3.00 e. The molecule has 0 aliphatic carbocycles. The van der Waals surface area contributed by atoms with Crippen LogP contribution in [-0.2, 0) is 10.4 Å². The summed E-state index contributed by atoms with van der Waals surface area (Å²) in [6.45, 7) is 0. The van der Waals surface area contributed by atoms with Gasteiger partial charge in [-0.1, -0.05) is 0 Å². The normalized spacial score (nSPS) is 8.20. The summed E-state index contributed by atoms with van der Waals surface area (Å²) in [5, 5.41) is 14.8. The zero-order chi connectivity index (χ0) is 8.08. The van der Waals surface area contributed by atoms with E-state index in [1.807, 2.05) is 0 Å². The summed E-state index contributed by atoms with van der Waals surface area (Å²) in [5.41, 5.74) is 0. The van der Waals surface area contributed by atoms with Gasteiger partial charge < -0.3 is 24.4 Å². The Morgan fingerprint density at radius 3 is 1.10 bits per heavy atom. The van der Waals surface area contributed by atoms with Crippen LogP contribution in [0.25, 0.3) is 0 Å². The molecule has 0 aliphatic heterocycles. The van der Waals surface area contributed by atoms with Gasteiger partial charge in [-0.15, -0.1) is 0 Å². The Labute approximate surface area is 74.7 Å². The number of hydrogen-bond acceptors (Lipinski definition) is 7. The van der Waals surface area contributed by atoms with E-state index < -0.39 is 15.5 Å². The molecule has 0 spiro atoms. The van der Waals surface area contributed by atoms with E-state index >= 15 is 0 Å². The topological polar surface area (TPSA) is 146 Å². The maximum atomic E-state index is 8.52. The molecule has 0 saturated heterocycles. The third-order valence-corrected chi connectivity index (χ3v) is 0. The van der Waals surface area contributed by atoms with Crippen LogP contribution < -0.4 is 0 Å². The molecule has 0 rings (SSSR count). The zero-order valence-electron chi connectivity index (χ0n) is 4.16. The zero-order valence-corrected chi connectivity index (χ0v) is 8.45. The van der Waals surface area contributed by atoms with Gasteiger partial charge >= 0.3 is 26.2 Å². The second-order valence-corrected chi connectivity index (χ2v) is 1.45. The average Bonchev–Trinajstić information content (AvgIpc) is 1.19. The van der Waals surface area contributed by atoms with Crippen LogP contribution in [0.2, 0.25) is 0 Å². The predicted molar refractivity (Wildman–Crippen MR) is 26.6 cm³/mol. The number of hydrogen-bond donors (Lipinski definition) is 0. The Morgan fingerprint density at radius 1 is 1.10 bits per heavy atom. The third-order valence-electron chi connectivity index (χ3n) is 0. The minimum atomic E-state index is -5.17. The maximum Gasteiger partial charge on any atom is 3.00 e. The summed E-state index contributed by atoms with van der Waals surface area (Å²) in [6.07, 6.45) is 0. The van der Waals surface area contributed by atoms with Gasteiger partial charge in [-0.25, -0.2) is 0 Å². The molecule has 0 fully saturated rings. The SMILES string of the molecule is O=S(=O)([O-])[O-].O=[N+]([O-])[O-].[Bi+3]. The average molecular weight is 367 g/mol. The van der Waals surface area contributed by atoms with Gasteiger partial charge in [0.15, 0.2) is 0 Å². The van der Waals surface area contributed by atoms with Gasteiger partial charge in [0.2, 0.25) is 0 Å². The van der Waals surface area contributed by atoms with Crippen LogP contribution in [0.1, 0.15) is 0 Å². The second-order valence-electron chi connectivity index (χ2n) is 0.632. The van der Waals surface area contributed by atoms with Crippen molar-refractivity contribution in [3.05, 3.63) is 15.3 Å². The molecule has 0 aromatic heterocycles. The van der Waals surface area contributed by atoms with Crippen molar-refractivity contribution < 1.29 is 22.6 Å². The predicted octanol–water partition coefficient (Wildman–Crippen LogP) is -1.96. The first-order chi connectivity index (χ1) is 3.73. The quantitative estimate of drug-likeness (QED) is 0.159. The van der Waals surface area contributed by atoms with Crippen LogP contribution in [0.3, 0.4) is 0 Å². The molecule has 58 valence electrons. The Morgan fingerprint density at radius 2 is 1.10 bits per heavy atom. The number of rotatable bonds is 0. The van der Waals surface area contributed by atoms with Crippen LogP contribution in [0.15, 0.2) is 0 Å². The molecular weight excluding hydrogens is 367 g/mol. The first kappa shape index (κ1) is 16.5. The molecule has 0 N–H and O–H groups in total. The van der Waals surface area contributed by atoms with Crippen molar-refractivity contribution >= 4 is 36.6 Å². The molecule has 0 unspecified atom stereocenters. The van der Waals surface area contributed by atoms with E-state index in [1.54, 1.807) is 0 Å². The van der Waals surface area contributed by atoms with E-state index in [2.05, 4.69) is 0 Å². The first-order valence-corrected chi connectivity index (χ1v) is 2.55. The van der Waals surface area contributed by atoms with E-state index in [1.165, 1.54) is 0 Å². The molecule has 10 heteroatoms. The van der Waals surface area contributed by atoms with Crippen LogP contribution >= 0.6 is 0 Å². The van der Waals surface area contributed by atoms with Crippen molar-refractivity contribution in [2.45, 2.75) is 0 Å². The van der Waals surface area contributed by atoms with Crippen molar-refractivity contribution in [2.24, 2.45) is 0 Å². The fourth-order valence-electron chi connectivity index (χ4n) is 0. The first-order valence-electron chi connectivity index (χ1n) is 1.21. The van der Waals surface area contributed by atoms with Crippen molar-refractivity contribution in [1.82, 2.24) is 0 Å². The van der Waals surface area contributed by atoms with Crippen LogP contribution in [0.5, 0.6) is 0 Å². The molecule has 0 heterocycles. The molecule has 0 atom stereocenters. The van der Waals surface area contributed by atoms with E-state index in [0.717, 1.165) is 0 Å². The maximum absolute atomic E-state index is 8.52. The van der Waals surface area contributed by atoms with Crippen molar-refractivity contribution in [1.29, 1.82) is 0 Å². The van der Waals surface area contributed by atoms with E-state index in [4.69, 9.17) is 32.8 Å². The van der Waals surface area contributed by atoms with Gasteiger partial charge in [-0.3, -0.25) is 8.42 Å². The van der Waals surface area contributed by atoms with Crippen molar-refractivity contribution in [3.8, 4) is 0 Å². The molecule has 10 heavy (non-hydrogen) atoms. The van der Waals surface area contributed by atoms with Gasteiger partial charge in [0, 0.05) is 10.4 Å². The molecule has 0 amide bonds. The van der Waals surface area contributed by atoms with Crippen molar-refractivity contribution in [3.63, 3.8) is 0 Å². The molecule has 0 saturated carbocycles. The van der Waals surface area contributed by atoms with Gasteiger partial charge in [-0.05, 0) is 0 Å². The van der Waals surface area contributed by atoms with E-state index in [0.29, 0.717) is 0 Å². The smallest absolute Gasteiger partial charge is 0.759 e. The summed E-state index contributed by atoms with van der Waals surface area (Å²) in [6, 6.07) is 0. The standard InChI is InChI=1S/Bi.NO3.H2O4S/c;2-1(3)4;1-5(2,3)4/h;;(H2,1,2,3,4)/q+3;-1;/p-2. The monoisotopic (exact) mass is 367 g/mol. The minimum Gasteiger partial charge on any atom is -0.759 e. The van der Waals surface area contributed by atoms with Crippen LogP contribution in [0, 0.1) is 15.3 Å². The molecule has 0 aliphatic rings. The number of nitrogens with zero attached hydrogens (tertiary/aromatic N) is 1. The Bertz CT molecular complexity index is 156. The van der Waals surface area contributed by atoms with Gasteiger partial charge in [-0.2, -0.15) is 0 Å². The minimum absolute atomic E-state index is 0. The fourth-order valence-corrected chi connectivity index (χ4v) is 0. The third kappa shape index (κ3) is 175000. The van der Waals surface area contributed by atoms with E-state index in [9.17, 15) is 0 Å². The Balaban J connectivity index is -0.0000000910. The Hall–Kier alpha value is -0.0469. The van der Waals surface area contributed by atoms with Crippen LogP contribution in [0.4, 0.5) is 0 Å². The van der Waals surface area contributed by atoms with Gasteiger partial charge in [0.25, 0.3) is 0 Å². The molecular formula is BiNO7S. The van der Waals surface area contributed by atoms with Gasteiger partial charge in [0.05, 0.1) is 5.09 Å². The van der Waals surface area contributed by atoms with Crippen molar-refractivity contribution in [2.75, 3.05) is 0 Å². The molecule has 0 aromatic rings. The molecule has 8 nitrogen and oxygen atoms in total. The molecule has 2 radical (unpaired) electrons. The van der Waals surface area contributed by atoms with E-state index in [-0.39, 0.29) is 26.2 Å². The summed E-state index contributed by atoms with van der Waals surface area (Å²) in [4.78, 5) is 8.25. The Kier molecular flexibility index (Phi) is 11.7. The molecule has 0 aromatic carbocycles. The summed E-state index contributed by atoms with van der Waals surface area (Å²) >= 11 is 0.